The standard InChI is InChI=1S/C10H14N4O/c1-11-6-5-8-7-12-9-3-4-10(15-2)13-14(8)9/h3-4,7,11H,5-6H2,1-2H3. The van der Waals surface area contributed by atoms with Gasteiger partial charge in [0.15, 0.2) is 5.65 Å². The average molecular weight is 206 g/mol. The zero-order valence-electron chi connectivity index (χ0n) is 8.90. The van der Waals surface area contributed by atoms with Gasteiger partial charge in [-0.05, 0) is 13.1 Å². The third-order valence-electron chi connectivity index (χ3n) is 2.25. The number of nitrogens with one attached hydrogen (secondary N) is 1. The fourth-order valence-corrected chi connectivity index (χ4v) is 1.44. The number of rotatable bonds is 4. The van der Waals surface area contributed by atoms with Crippen LogP contribution in [0.5, 0.6) is 5.88 Å². The molecule has 0 aliphatic heterocycles. The highest BCUT2D eigenvalue weighted by Crippen LogP contribution is 2.10. The van der Waals surface area contributed by atoms with Crippen LogP contribution in [0.25, 0.3) is 5.65 Å². The molecule has 15 heavy (non-hydrogen) atoms. The van der Waals surface area contributed by atoms with Crippen LogP contribution in [0.3, 0.4) is 0 Å². The lowest BCUT2D eigenvalue weighted by atomic mass is 10.3. The minimum absolute atomic E-state index is 0.603. The van der Waals surface area contributed by atoms with Crippen molar-refractivity contribution in [3.63, 3.8) is 0 Å². The summed E-state index contributed by atoms with van der Waals surface area (Å²) in [6.45, 7) is 0.909. The Bertz CT molecular complexity index is 452. The molecule has 0 spiro atoms. The van der Waals surface area contributed by atoms with Crippen LogP contribution >= 0.6 is 0 Å². The van der Waals surface area contributed by atoms with Gasteiger partial charge >= 0.3 is 0 Å². The van der Waals surface area contributed by atoms with Gasteiger partial charge in [-0.2, -0.15) is 0 Å². The van der Waals surface area contributed by atoms with E-state index in [4.69, 9.17) is 4.74 Å². The number of nitrogens with zero attached hydrogens (tertiary/aromatic N) is 3. The van der Waals surface area contributed by atoms with E-state index in [2.05, 4.69) is 15.4 Å². The van der Waals surface area contributed by atoms with E-state index in [1.165, 1.54) is 0 Å². The summed E-state index contributed by atoms with van der Waals surface area (Å²) in [5, 5.41) is 7.41. The Morgan fingerprint density at radius 3 is 3.07 bits per heavy atom. The largest absolute Gasteiger partial charge is 0.480 e. The third kappa shape index (κ3) is 1.92. The SMILES string of the molecule is CNCCc1cnc2ccc(OC)nn12. The predicted molar refractivity (Wildman–Crippen MR) is 57.2 cm³/mol. The molecule has 0 radical (unpaired) electrons. The van der Waals surface area contributed by atoms with E-state index in [-0.39, 0.29) is 0 Å². The van der Waals surface area contributed by atoms with Gasteiger partial charge in [0, 0.05) is 19.0 Å². The molecular weight excluding hydrogens is 192 g/mol. The summed E-state index contributed by atoms with van der Waals surface area (Å²) in [5.74, 6) is 0.603. The van der Waals surface area contributed by atoms with Crippen molar-refractivity contribution in [3.8, 4) is 5.88 Å². The summed E-state index contributed by atoms with van der Waals surface area (Å²) in [7, 11) is 3.54. The predicted octanol–water partition coefficient (Wildman–Crippen LogP) is 0.500. The van der Waals surface area contributed by atoms with Crippen molar-refractivity contribution in [1.29, 1.82) is 0 Å². The lowest BCUT2D eigenvalue weighted by molar-refractivity contribution is 0.389. The van der Waals surface area contributed by atoms with Gasteiger partial charge in [0.25, 0.3) is 0 Å². The topological polar surface area (TPSA) is 51.5 Å². The van der Waals surface area contributed by atoms with Gasteiger partial charge in [-0.15, -0.1) is 5.10 Å². The fourth-order valence-electron chi connectivity index (χ4n) is 1.44. The van der Waals surface area contributed by atoms with Crippen LogP contribution < -0.4 is 10.1 Å². The molecule has 0 saturated carbocycles. The van der Waals surface area contributed by atoms with Crippen LogP contribution in [-0.2, 0) is 6.42 Å². The van der Waals surface area contributed by atoms with Crippen molar-refractivity contribution in [3.05, 3.63) is 24.0 Å². The zero-order valence-corrected chi connectivity index (χ0v) is 8.90. The lowest BCUT2D eigenvalue weighted by Gasteiger charge is -2.02. The first-order chi connectivity index (χ1) is 7.35. The first-order valence-corrected chi connectivity index (χ1v) is 4.87. The van der Waals surface area contributed by atoms with Gasteiger partial charge in [-0.3, -0.25) is 0 Å². The number of ether oxygens (including phenoxy) is 1. The minimum atomic E-state index is 0.603. The maximum atomic E-state index is 5.08. The molecule has 2 heterocycles. The fraction of sp³-hybridized carbons (Fsp3) is 0.400. The Kier molecular flexibility index (Phi) is 2.82. The normalized spacial score (nSPS) is 10.8. The maximum absolute atomic E-state index is 5.08. The average Bonchev–Trinajstić information content (AvgIpc) is 2.68. The first kappa shape index (κ1) is 9.92. The van der Waals surface area contributed by atoms with Crippen molar-refractivity contribution in [2.45, 2.75) is 6.42 Å². The summed E-state index contributed by atoms with van der Waals surface area (Å²) in [6.07, 6.45) is 2.75. The number of hydrogen-bond acceptors (Lipinski definition) is 4. The van der Waals surface area contributed by atoms with E-state index in [1.807, 2.05) is 29.9 Å². The van der Waals surface area contributed by atoms with Crippen LogP contribution in [0.2, 0.25) is 0 Å². The molecule has 0 fully saturated rings. The second kappa shape index (κ2) is 4.27. The highest BCUT2D eigenvalue weighted by atomic mass is 16.5. The molecule has 0 atom stereocenters. The third-order valence-corrected chi connectivity index (χ3v) is 2.25. The maximum Gasteiger partial charge on any atom is 0.231 e. The van der Waals surface area contributed by atoms with Crippen LogP contribution in [-0.4, -0.2) is 35.3 Å². The minimum Gasteiger partial charge on any atom is -0.480 e. The number of hydrogen-bond donors (Lipinski definition) is 1. The van der Waals surface area contributed by atoms with Gasteiger partial charge in [-0.1, -0.05) is 0 Å². The Labute approximate surface area is 88.1 Å². The van der Waals surface area contributed by atoms with E-state index < -0.39 is 0 Å². The molecule has 1 N–H and O–H groups in total. The van der Waals surface area contributed by atoms with E-state index in [0.717, 1.165) is 24.3 Å². The summed E-state index contributed by atoms with van der Waals surface area (Å²) in [6, 6.07) is 3.71. The van der Waals surface area contributed by atoms with Gasteiger partial charge in [0.2, 0.25) is 5.88 Å². The molecule has 0 bridgehead atoms. The van der Waals surface area contributed by atoms with Crippen molar-refractivity contribution in [1.82, 2.24) is 19.9 Å². The second-order valence-electron chi connectivity index (χ2n) is 3.25. The summed E-state index contributed by atoms with van der Waals surface area (Å²) < 4.78 is 6.89. The van der Waals surface area contributed by atoms with Gasteiger partial charge in [0.1, 0.15) is 0 Å². The molecule has 0 aliphatic carbocycles. The highest BCUT2D eigenvalue weighted by Gasteiger charge is 2.04. The number of fused-ring (bicyclic) bond motifs is 1. The molecule has 5 heteroatoms. The summed E-state index contributed by atoms with van der Waals surface area (Å²) in [5.41, 5.74) is 1.93. The number of methoxy groups -OCH3 is 1. The molecule has 5 nitrogen and oxygen atoms in total. The van der Waals surface area contributed by atoms with E-state index >= 15 is 0 Å². The van der Waals surface area contributed by atoms with E-state index in [9.17, 15) is 0 Å². The molecule has 80 valence electrons. The summed E-state index contributed by atoms with van der Waals surface area (Å²) >= 11 is 0. The lowest BCUT2D eigenvalue weighted by Crippen LogP contribution is -2.12. The van der Waals surface area contributed by atoms with E-state index in [1.54, 1.807) is 7.11 Å². The van der Waals surface area contributed by atoms with Gasteiger partial charge in [0.05, 0.1) is 19.0 Å². The molecule has 0 unspecified atom stereocenters. The molecular formula is C10H14N4O. The number of likely N-dealkylation sites (N-methyl/N-ethyl adjacent to an activating group) is 1. The molecule has 2 rings (SSSR count). The summed E-state index contributed by atoms with van der Waals surface area (Å²) in [4.78, 5) is 4.26. The molecule has 0 amide bonds. The molecule has 0 saturated heterocycles. The quantitative estimate of drug-likeness (QED) is 0.791. The Morgan fingerprint density at radius 2 is 2.33 bits per heavy atom. The monoisotopic (exact) mass is 206 g/mol. The molecule has 0 aliphatic rings. The Morgan fingerprint density at radius 1 is 1.47 bits per heavy atom. The highest BCUT2D eigenvalue weighted by molar-refractivity contribution is 5.39. The van der Waals surface area contributed by atoms with Crippen molar-refractivity contribution in [2.75, 3.05) is 20.7 Å². The van der Waals surface area contributed by atoms with Gasteiger partial charge < -0.3 is 10.1 Å². The molecule has 2 aromatic heterocycles. The first-order valence-electron chi connectivity index (χ1n) is 4.87. The zero-order chi connectivity index (χ0) is 10.7. The Balaban J connectivity index is 2.38. The number of imidazole rings is 1. The van der Waals surface area contributed by atoms with Crippen LogP contribution in [0.4, 0.5) is 0 Å². The van der Waals surface area contributed by atoms with Gasteiger partial charge in [-0.25, -0.2) is 9.50 Å². The van der Waals surface area contributed by atoms with Crippen molar-refractivity contribution < 1.29 is 4.74 Å². The van der Waals surface area contributed by atoms with Crippen molar-refractivity contribution >= 4 is 5.65 Å². The molecule has 0 aromatic carbocycles. The second-order valence-corrected chi connectivity index (χ2v) is 3.25. The van der Waals surface area contributed by atoms with Crippen LogP contribution in [0.1, 0.15) is 5.69 Å². The number of aromatic nitrogens is 3. The Hall–Kier alpha value is -1.62. The van der Waals surface area contributed by atoms with Crippen molar-refractivity contribution in [2.24, 2.45) is 0 Å². The van der Waals surface area contributed by atoms with Crippen LogP contribution in [0.15, 0.2) is 18.3 Å². The molecule has 2 aromatic rings. The smallest absolute Gasteiger partial charge is 0.231 e. The van der Waals surface area contributed by atoms with E-state index in [0.29, 0.717) is 5.88 Å². The van der Waals surface area contributed by atoms with Crippen LogP contribution in [0, 0.1) is 0 Å².